The zero-order valence-corrected chi connectivity index (χ0v) is 9.94. The van der Waals surface area contributed by atoms with Gasteiger partial charge in [0, 0.05) is 5.92 Å². The summed E-state index contributed by atoms with van der Waals surface area (Å²) in [4.78, 5) is 17.2. The Balaban J connectivity index is 4.45. The molecule has 5 nitrogen and oxygen atoms in total. The monoisotopic (exact) mass is 225 g/mol. The maximum atomic E-state index is 10.6. The largest absolute Gasteiger partial charge is 0.471 e. The van der Waals surface area contributed by atoms with Crippen LogP contribution in [0.4, 0.5) is 0 Å². The minimum absolute atomic E-state index is 0.0670. The second kappa shape index (κ2) is 5.24. The molecule has 1 atom stereocenters. The number of rotatable bonds is 5. The van der Waals surface area contributed by atoms with Crippen LogP contribution in [0.25, 0.3) is 0 Å². The molecule has 0 saturated heterocycles. The van der Waals surface area contributed by atoms with Crippen LogP contribution in [0.3, 0.4) is 0 Å². The van der Waals surface area contributed by atoms with Crippen molar-refractivity contribution in [2.45, 2.75) is 33.9 Å². The Morgan fingerprint density at radius 2 is 1.50 bits per heavy atom. The van der Waals surface area contributed by atoms with Gasteiger partial charge in [-0.3, -0.25) is 4.52 Å². The van der Waals surface area contributed by atoms with Gasteiger partial charge in [0.2, 0.25) is 0 Å². The van der Waals surface area contributed by atoms with Gasteiger partial charge in [0.25, 0.3) is 0 Å². The lowest BCUT2D eigenvalue weighted by Crippen LogP contribution is -2.38. The molecule has 86 valence electrons. The van der Waals surface area contributed by atoms with Crippen molar-refractivity contribution in [3.05, 3.63) is 0 Å². The molecule has 1 unspecified atom stereocenters. The minimum atomic E-state index is -4.48. The molecule has 0 heterocycles. The SMILES string of the molecule is CC(C)C(C(C)C)C(N)OP(=O)(O)O. The number of phosphoric ester groups is 1. The normalized spacial score (nSPS) is 15.6. The molecule has 0 radical (unpaired) electrons. The second-order valence-electron chi connectivity index (χ2n) is 4.13. The third-order valence-corrected chi connectivity index (χ3v) is 2.70. The topological polar surface area (TPSA) is 92.8 Å². The molecule has 0 aliphatic rings. The predicted octanol–water partition coefficient (Wildman–Crippen LogP) is 1.31. The Kier molecular flexibility index (Phi) is 5.26. The van der Waals surface area contributed by atoms with Gasteiger partial charge in [-0.15, -0.1) is 0 Å². The summed E-state index contributed by atoms with van der Waals surface area (Å²) in [7, 11) is -4.48. The van der Waals surface area contributed by atoms with Crippen LogP contribution in [0.1, 0.15) is 27.7 Å². The Bertz CT molecular complexity index is 205. The number of hydrogen-bond acceptors (Lipinski definition) is 3. The highest BCUT2D eigenvalue weighted by molar-refractivity contribution is 7.46. The number of phosphoric acid groups is 1. The van der Waals surface area contributed by atoms with Crippen molar-refractivity contribution in [3.8, 4) is 0 Å². The molecule has 0 fully saturated rings. The Labute approximate surface area is 84.9 Å². The van der Waals surface area contributed by atoms with Crippen molar-refractivity contribution in [1.29, 1.82) is 0 Å². The first-order chi connectivity index (χ1) is 6.15. The quantitative estimate of drug-likeness (QED) is 0.484. The summed E-state index contributed by atoms with van der Waals surface area (Å²) in [5.74, 6) is 0.371. The van der Waals surface area contributed by atoms with E-state index >= 15 is 0 Å². The Morgan fingerprint density at radius 1 is 1.14 bits per heavy atom. The van der Waals surface area contributed by atoms with E-state index in [-0.39, 0.29) is 17.8 Å². The molecule has 0 aromatic heterocycles. The summed E-state index contributed by atoms with van der Waals surface area (Å²) in [6.07, 6.45) is -0.921. The molecule has 6 heteroatoms. The average molecular weight is 225 g/mol. The Morgan fingerprint density at radius 3 is 1.71 bits per heavy atom. The molecule has 0 spiro atoms. The third-order valence-electron chi connectivity index (χ3n) is 2.18. The average Bonchev–Trinajstić information content (AvgIpc) is 1.78. The molecule has 0 bridgehead atoms. The highest BCUT2D eigenvalue weighted by atomic mass is 31.2. The summed E-state index contributed by atoms with van der Waals surface area (Å²) in [6, 6.07) is 0. The van der Waals surface area contributed by atoms with Gasteiger partial charge in [-0.05, 0) is 11.8 Å². The minimum Gasteiger partial charge on any atom is -0.305 e. The van der Waals surface area contributed by atoms with Crippen molar-refractivity contribution >= 4 is 7.82 Å². The van der Waals surface area contributed by atoms with Crippen LogP contribution < -0.4 is 5.73 Å². The maximum Gasteiger partial charge on any atom is 0.471 e. The van der Waals surface area contributed by atoms with E-state index in [2.05, 4.69) is 4.52 Å². The molecule has 0 amide bonds. The van der Waals surface area contributed by atoms with Crippen LogP contribution in [-0.2, 0) is 9.09 Å². The lowest BCUT2D eigenvalue weighted by Gasteiger charge is -2.30. The molecule has 4 N–H and O–H groups in total. The van der Waals surface area contributed by atoms with E-state index in [9.17, 15) is 4.57 Å². The van der Waals surface area contributed by atoms with Crippen molar-refractivity contribution in [1.82, 2.24) is 0 Å². The van der Waals surface area contributed by atoms with Gasteiger partial charge in [0.05, 0.1) is 0 Å². The standard InChI is InChI=1S/C8H20NO4P/c1-5(2)7(6(3)4)8(9)13-14(10,11)12/h5-8H,9H2,1-4H3,(H2,10,11,12). The van der Waals surface area contributed by atoms with Gasteiger partial charge >= 0.3 is 7.82 Å². The molecule has 0 aromatic rings. The molecule has 0 aliphatic heterocycles. The molecule has 0 aliphatic carbocycles. The van der Waals surface area contributed by atoms with Gasteiger partial charge in [-0.25, -0.2) is 4.57 Å². The molecule has 0 aromatic carbocycles. The van der Waals surface area contributed by atoms with Crippen molar-refractivity contribution in [2.24, 2.45) is 23.5 Å². The summed E-state index contributed by atoms with van der Waals surface area (Å²) in [5.41, 5.74) is 5.59. The van der Waals surface area contributed by atoms with Crippen LogP contribution in [0.15, 0.2) is 0 Å². The number of nitrogens with two attached hydrogens (primary N) is 1. The first kappa shape index (κ1) is 14.1. The summed E-state index contributed by atoms with van der Waals surface area (Å²) < 4.78 is 15.1. The van der Waals surface area contributed by atoms with E-state index in [1.54, 1.807) is 0 Å². The van der Waals surface area contributed by atoms with E-state index in [1.165, 1.54) is 0 Å². The molecule has 0 saturated carbocycles. The Hall–Kier alpha value is 0.0700. The van der Waals surface area contributed by atoms with Gasteiger partial charge in [0.1, 0.15) is 6.23 Å². The van der Waals surface area contributed by atoms with E-state index in [0.29, 0.717) is 0 Å². The summed E-state index contributed by atoms with van der Waals surface area (Å²) in [6.45, 7) is 7.81. The van der Waals surface area contributed by atoms with Crippen LogP contribution in [0, 0.1) is 17.8 Å². The van der Waals surface area contributed by atoms with Crippen LogP contribution in [0.2, 0.25) is 0 Å². The predicted molar refractivity (Wildman–Crippen MR) is 54.3 cm³/mol. The lowest BCUT2D eigenvalue weighted by atomic mass is 9.84. The van der Waals surface area contributed by atoms with Crippen LogP contribution in [-0.4, -0.2) is 16.0 Å². The molecule has 14 heavy (non-hydrogen) atoms. The maximum absolute atomic E-state index is 10.6. The first-order valence-corrected chi connectivity index (χ1v) is 6.17. The first-order valence-electron chi connectivity index (χ1n) is 4.64. The van der Waals surface area contributed by atoms with E-state index in [0.717, 1.165) is 0 Å². The highest BCUT2D eigenvalue weighted by Crippen LogP contribution is 2.40. The zero-order chi connectivity index (χ0) is 11.5. The van der Waals surface area contributed by atoms with Gasteiger partial charge in [0.15, 0.2) is 0 Å². The van der Waals surface area contributed by atoms with Crippen molar-refractivity contribution in [2.75, 3.05) is 0 Å². The van der Waals surface area contributed by atoms with Gasteiger partial charge in [-0.1, -0.05) is 27.7 Å². The molecular formula is C8H20NO4P. The van der Waals surface area contributed by atoms with E-state index in [4.69, 9.17) is 15.5 Å². The van der Waals surface area contributed by atoms with Crippen molar-refractivity contribution < 1.29 is 18.9 Å². The lowest BCUT2D eigenvalue weighted by molar-refractivity contribution is 0.0504. The fourth-order valence-electron chi connectivity index (χ4n) is 1.76. The fourth-order valence-corrected chi connectivity index (χ4v) is 2.22. The second-order valence-corrected chi connectivity index (χ2v) is 5.32. The summed E-state index contributed by atoms with van der Waals surface area (Å²) >= 11 is 0. The van der Waals surface area contributed by atoms with E-state index < -0.39 is 14.1 Å². The smallest absolute Gasteiger partial charge is 0.305 e. The molecule has 0 rings (SSSR count). The van der Waals surface area contributed by atoms with Gasteiger partial charge < -0.3 is 15.5 Å². The van der Waals surface area contributed by atoms with Crippen LogP contribution in [0.5, 0.6) is 0 Å². The van der Waals surface area contributed by atoms with Crippen LogP contribution >= 0.6 is 7.82 Å². The van der Waals surface area contributed by atoms with Crippen molar-refractivity contribution in [3.63, 3.8) is 0 Å². The van der Waals surface area contributed by atoms with E-state index in [1.807, 2.05) is 27.7 Å². The molecular weight excluding hydrogens is 205 g/mol. The number of hydrogen-bond donors (Lipinski definition) is 3. The summed E-state index contributed by atoms with van der Waals surface area (Å²) in [5, 5.41) is 0. The zero-order valence-electron chi connectivity index (χ0n) is 9.04. The highest BCUT2D eigenvalue weighted by Gasteiger charge is 2.30. The fraction of sp³-hybridized carbons (Fsp3) is 1.00. The van der Waals surface area contributed by atoms with Gasteiger partial charge in [-0.2, -0.15) is 0 Å². The third kappa shape index (κ3) is 5.08.